The first-order valence-electron chi connectivity index (χ1n) is 8.94. The molecule has 2 aromatic rings. The molecule has 2 rings (SSSR count). The Balaban J connectivity index is 2.12. The molecule has 7 nitrogen and oxygen atoms in total. The number of rotatable bonds is 8. The van der Waals surface area contributed by atoms with Crippen LogP contribution < -0.4 is 5.32 Å². The third kappa shape index (κ3) is 6.18. The first kappa shape index (κ1) is 21.1. The van der Waals surface area contributed by atoms with E-state index in [9.17, 15) is 13.2 Å². The van der Waals surface area contributed by atoms with Gasteiger partial charge in [0.05, 0.1) is 23.7 Å². The molecule has 1 atom stereocenters. The van der Waals surface area contributed by atoms with Crippen molar-refractivity contribution in [3.63, 3.8) is 0 Å². The largest absolute Gasteiger partial charge is 0.309 e. The number of nitrogens with zero attached hydrogens (tertiary/aromatic N) is 3. The van der Waals surface area contributed by atoms with Crippen LogP contribution in [0.5, 0.6) is 0 Å². The number of benzene rings is 1. The van der Waals surface area contributed by atoms with Crippen molar-refractivity contribution in [3.05, 3.63) is 41.6 Å². The average molecular weight is 393 g/mol. The van der Waals surface area contributed by atoms with Crippen molar-refractivity contribution in [1.29, 1.82) is 0 Å². The summed E-state index contributed by atoms with van der Waals surface area (Å²) in [5.74, 6) is 0.410. The van der Waals surface area contributed by atoms with Crippen LogP contribution in [0.4, 0.5) is 5.82 Å². The molecule has 27 heavy (non-hydrogen) atoms. The van der Waals surface area contributed by atoms with Gasteiger partial charge in [0.15, 0.2) is 0 Å². The van der Waals surface area contributed by atoms with E-state index < -0.39 is 9.84 Å². The zero-order valence-corrected chi connectivity index (χ0v) is 17.4. The highest BCUT2D eigenvalue weighted by atomic mass is 32.2. The molecule has 0 saturated carbocycles. The van der Waals surface area contributed by atoms with Crippen LogP contribution in [-0.2, 0) is 14.6 Å². The van der Waals surface area contributed by atoms with E-state index >= 15 is 0 Å². The Kier molecular flexibility index (Phi) is 6.78. The molecule has 0 aliphatic heterocycles. The van der Waals surface area contributed by atoms with Gasteiger partial charge in [0.25, 0.3) is 0 Å². The molecule has 1 aromatic heterocycles. The number of hydrogen-bond donors (Lipinski definition) is 1. The molecule has 148 valence electrons. The molecule has 8 heteroatoms. The lowest BCUT2D eigenvalue weighted by Gasteiger charge is -2.26. The minimum atomic E-state index is -3.10. The number of amides is 1. The highest BCUT2D eigenvalue weighted by molar-refractivity contribution is 7.90. The summed E-state index contributed by atoms with van der Waals surface area (Å²) in [6, 6.07) is 9.45. The van der Waals surface area contributed by atoms with E-state index in [4.69, 9.17) is 0 Å². The number of carbonyl (C=O) groups is 1. The Labute approximate surface area is 161 Å². The Bertz CT molecular complexity index is 888. The van der Waals surface area contributed by atoms with Crippen LogP contribution in [0.3, 0.4) is 0 Å². The fourth-order valence-corrected chi connectivity index (χ4v) is 4.05. The minimum absolute atomic E-state index is 0.0223. The zero-order valence-electron chi connectivity index (χ0n) is 16.6. The van der Waals surface area contributed by atoms with E-state index in [-0.39, 0.29) is 24.2 Å². The van der Waals surface area contributed by atoms with Crippen molar-refractivity contribution in [3.8, 4) is 5.69 Å². The van der Waals surface area contributed by atoms with Gasteiger partial charge in [0.1, 0.15) is 15.7 Å². The lowest BCUT2D eigenvalue weighted by Crippen LogP contribution is -2.42. The first-order chi connectivity index (χ1) is 12.6. The van der Waals surface area contributed by atoms with Crippen molar-refractivity contribution in [2.45, 2.75) is 33.7 Å². The van der Waals surface area contributed by atoms with E-state index in [1.807, 2.05) is 62.9 Å². The molecule has 0 bridgehead atoms. The predicted octanol–water partition coefficient (Wildman–Crippen LogP) is 2.18. The van der Waals surface area contributed by atoms with E-state index in [1.54, 1.807) is 4.68 Å². The number of likely N-dealkylation sites (N-methyl/N-ethyl adjacent to an activating group) is 1. The second-order valence-corrected chi connectivity index (χ2v) is 9.16. The van der Waals surface area contributed by atoms with Gasteiger partial charge < -0.3 is 5.32 Å². The van der Waals surface area contributed by atoms with Crippen molar-refractivity contribution >= 4 is 21.6 Å². The van der Waals surface area contributed by atoms with Crippen LogP contribution in [0.2, 0.25) is 0 Å². The average Bonchev–Trinajstić information content (AvgIpc) is 2.91. The van der Waals surface area contributed by atoms with Gasteiger partial charge in [-0.05, 0) is 39.4 Å². The maximum atomic E-state index is 12.6. The predicted molar refractivity (Wildman–Crippen MR) is 108 cm³/mol. The van der Waals surface area contributed by atoms with Crippen LogP contribution in [0.25, 0.3) is 5.69 Å². The highest BCUT2D eigenvalue weighted by Crippen LogP contribution is 2.18. The lowest BCUT2D eigenvalue weighted by atomic mass is 10.2. The SMILES string of the molecule is CCN(CC(=O)Nc1cc(C)nn1-c1ccc(C)cc1)C(C)CS(C)(=O)=O. The monoisotopic (exact) mass is 392 g/mol. The van der Waals surface area contributed by atoms with Crippen molar-refractivity contribution in [1.82, 2.24) is 14.7 Å². The van der Waals surface area contributed by atoms with Crippen LogP contribution in [0.1, 0.15) is 25.1 Å². The summed E-state index contributed by atoms with van der Waals surface area (Å²) >= 11 is 0. The third-order valence-corrected chi connectivity index (χ3v) is 5.39. The van der Waals surface area contributed by atoms with Gasteiger partial charge in [-0.15, -0.1) is 0 Å². The van der Waals surface area contributed by atoms with E-state index in [0.29, 0.717) is 12.4 Å². The van der Waals surface area contributed by atoms with Crippen molar-refractivity contribution < 1.29 is 13.2 Å². The molecule has 1 unspecified atom stereocenters. The van der Waals surface area contributed by atoms with E-state index in [0.717, 1.165) is 16.9 Å². The molecular weight excluding hydrogens is 364 g/mol. The van der Waals surface area contributed by atoms with Gasteiger partial charge in [-0.1, -0.05) is 24.6 Å². The van der Waals surface area contributed by atoms with Crippen molar-refractivity contribution in [2.24, 2.45) is 0 Å². The smallest absolute Gasteiger partial charge is 0.239 e. The second kappa shape index (κ2) is 8.67. The number of carbonyl (C=O) groups excluding carboxylic acids is 1. The van der Waals surface area contributed by atoms with Crippen molar-refractivity contribution in [2.75, 3.05) is 30.4 Å². The van der Waals surface area contributed by atoms with Crippen LogP contribution in [0, 0.1) is 13.8 Å². The quantitative estimate of drug-likeness (QED) is 0.744. The Morgan fingerprint density at radius 1 is 1.26 bits per heavy atom. The van der Waals surface area contributed by atoms with Gasteiger partial charge in [-0.2, -0.15) is 5.10 Å². The first-order valence-corrected chi connectivity index (χ1v) is 11.0. The number of hydrogen-bond acceptors (Lipinski definition) is 5. The number of anilines is 1. The summed E-state index contributed by atoms with van der Waals surface area (Å²) in [5.41, 5.74) is 2.80. The summed E-state index contributed by atoms with van der Waals surface area (Å²) in [5, 5.41) is 7.35. The van der Waals surface area contributed by atoms with Gasteiger partial charge in [0, 0.05) is 18.4 Å². The molecule has 1 N–H and O–H groups in total. The molecule has 0 spiro atoms. The standard InChI is InChI=1S/C19H28N4O3S/c1-6-22(16(4)13-27(5,25)26)12-19(24)20-18-11-15(3)21-23(18)17-9-7-14(2)8-10-17/h7-11,16H,6,12-13H2,1-5H3,(H,20,24). The van der Waals surface area contributed by atoms with Gasteiger partial charge in [-0.25, -0.2) is 13.1 Å². The molecule has 0 radical (unpaired) electrons. The molecule has 0 aliphatic rings. The summed E-state index contributed by atoms with van der Waals surface area (Å²) in [6.07, 6.45) is 1.21. The summed E-state index contributed by atoms with van der Waals surface area (Å²) in [6.45, 7) is 8.31. The van der Waals surface area contributed by atoms with E-state index in [1.165, 1.54) is 6.26 Å². The van der Waals surface area contributed by atoms with E-state index in [2.05, 4.69) is 10.4 Å². The molecule has 0 saturated heterocycles. The molecule has 0 fully saturated rings. The molecule has 0 aliphatic carbocycles. The maximum absolute atomic E-state index is 12.6. The summed E-state index contributed by atoms with van der Waals surface area (Å²) in [7, 11) is -3.10. The van der Waals surface area contributed by atoms with Gasteiger partial charge in [-0.3, -0.25) is 9.69 Å². The van der Waals surface area contributed by atoms with Gasteiger partial charge in [0.2, 0.25) is 5.91 Å². The number of sulfone groups is 1. The Hall–Kier alpha value is -2.19. The Morgan fingerprint density at radius 2 is 1.89 bits per heavy atom. The van der Waals surface area contributed by atoms with Gasteiger partial charge >= 0.3 is 0 Å². The molecule has 1 aromatic carbocycles. The molecular formula is C19H28N4O3S. The number of aromatic nitrogens is 2. The molecule has 1 heterocycles. The third-order valence-electron chi connectivity index (χ3n) is 4.30. The maximum Gasteiger partial charge on any atom is 0.239 e. The lowest BCUT2D eigenvalue weighted by molar-refractivity contribution is -0.117. The fraction of sp³-hybridized carbons (Fsp3) is 0.474. The summed E-state index contributed by atoms with van der Waals surface area (Å²) in [4.78, 5) is 14.4. The fourth-order valence-electron chi connectivity index (χ4n) is 2.96. The number of aryl methyl sites for hydroxylation is 2. The summed E-state index contributed by atoms with van der Waals surface area (Å²) < 4.78 is 24.8. The Morgan fingerprint density at radius 3 is 2.44 bits per heavy atom. The van der Waals surface area contributed by atoms with Crippen LogP contribution >= 0.6 is 0 Å². The zero-order chi connectivity index (χ0) is 20.2. The van der Waals surface area contributed by atoms with Crippen LogP contribution in [0.15, 0.2) is 30.3 Å². The minimum Gasteiger partial charge on any atom is -0.309 e. The second-order valence-electron chi connectivity index (χ2n) is 6.97. The topological polar surface area (TPSA) is 84.3 Å². The van der Waals surface area contributed by atoms with Crippen LogP contribution in [-0.4, -0.2) is 60.1 Å². The highest BCUT2D eigenvalue weighted by Gasteiger charge is 2.20. The normalized spacial score (nSPS) is 13.0. The number of nitrogens with one attached hydrogen (secondary N) is 1. The molecule has 1 amide bonds.